The molecule has 1 aliphatic rings. The van der Waals surface area contributed by atoms with Gasteiger partial charge >= 0.3 is 5.97 Å². The predicted octanol–water partition coefficient (Wildman–Crippen LogP) is 4.13. The predicted molar refractivity (Wildman–Crippen MR) is 91.9 cm³/mol. The molecule has 126 valence electrons. The Hall–Kier alpha value is -2.43. The maximum atomic E-state index is 14.3. The molecule has 1 aromatic heterocycles. The van der Waals surface area contributed by atoms with Crippen molar-refractivity contribution < 1.29 is 14.3 Å². The highest BCUT2D eigenvalue weighted by molar-refractivity contribution is 6.01. The number of pyridine rings is 1. The number of carboxylic acid groups (broad SMARTS) is 1. The molecule has 1 fully saturated rings. The fourth-order valence-corrected chi connectivity index (χ4v) is 3.37. The molecule has 0 bridgehead atoms. The van der Waals surface area contributed by atoms with Gasteiger partial charge in [0.05, 0.1) is 0 Å². The Morgan fingerprint density at radius 3 is 2.75 bits per heavy atom. The molecule has 3 rings (SSSR count). The number of carboxylic acids is 1. The summed E-state index contributed by atoms with van der Waals surface area (Å²) in [7, 11) is 0. The van der Waals surface area contributed by atoms with Crippen LogP contribution in [0.5, 0.6) is 0 Å². The van der Waals surface area contributed by atoms with E-state index in [4.69, 9.17) is 0 Å². The number of hydrogen-bond acceptors (Lipinski definition) is 3. The molecule has 5 heteroatoms. The first-order valence-corrected chi connectivity index (χ1v) is 8.22. The summed E-state index contributed by atoms with van der Waals surface area (Å²) in [5.41, 5.74) is 1.46. The van der Waals surface area contributed by atoms with E-state index >= 15 is 0 Å². The molecule has 1 atom stereocenters. The van der Waals surface area contributed by atoms with Crippen LogP contribution in [-0.2, 0) is 0 Å². The van der Waals surface area contributed by atoms with E-state index in [1.165, 1.54) is 6.07 Å². The summed E-state index contributed by atoms with van der Waals surface area (Å²) in [6.45, 7) is 5.51. The SMILES string of the molecule is Cc1cc(-c2ccccc2F)c(C(=O)O)c(N2CCCC(C)C2)n1. The van der Waals surface area contributed by atoms with Crippen LogP contribution in [0.1, 0.15) is 35.8 Å². The van der Waals surface area contributed by atoms with Gasteiger partial charge in [0.15, 0.2) is 0 Å². The van der Waals surface area contributed by atoms with Crippen LogP contribution >= 0.6 is 0 Å². The molecular weight excluding hydrogens is 307 g/mol. The standard InChI is InChI=1S/C19H21FN2O2/c1-12-6-5-9-22(11-12)18-17(19(23)24)15(10-13(2)21-18)14-7-3-4-8-16(14)20/h3-4,7-8,10,12H,5-6,9,11H2,1-2H3,(H,23,24). The lowest BCUT2D eigenvalue weighted by atomic mass is 9.96. The van der Waals surface area contributed by atoms with Gasteiger partial charge in [-0.25, -0.2) is 14.2 Å². The molecule has 0 spiro atoms. The Labute approximate surface area is 141 Å². The van der Waals surface area contributed by atoms with Crippen LogP contribution in [0.15, 0.2) is 30.3 Å². The molecular formula is C19H21FN2O2. The summed E-state index contributed by atoms with van der Waals surface area (Å²) in [5.74, 6) is -0.565. The summed E-state index contributed by atoms with van der Waals surface area (Å²) < 4.78 is 14.3. The van der Waals surface area contributed by atoms with Crippen LogP contribution in [0, 0.1) is 18.7 Å². The summed E-state index contributed by atoms with van der Waals surface area (Å²) in [6.07, 6.45) is 2.13. The first kappa shape index (κ1) is 16.4. The number of nitrogens with zero attached hydrogens (tertiary/aromatic N) is 2. The smallest absolute Gasteiger partial charge is 0.340 e. The quantitative estimate of drug-likeness (QED) is 0.920. The van der Waals surface area contributed by atoms with Crippen molar-refractivity contribution in [1.29, 1.82) is 0 Å². The minimum Gasteiger partial charge on any atom is -0.478 e. The van der Waals surface area contributed by atoms with Gasteiger partial charge in [-0.15, -0.1) is 0 Å². The lowest BCUT2D eigenvalue weighted by molar-refractivity contribution is 0.0698. The van der Waals surface area contributed by atoms with Crippen molar-refractivity contribution in [1.82, 2.24) is 4.98 Å². The lowest BCUT2D eigenvalue weighted by Gasteiger charge is -2.33. The van der Waals surface area contributed by atoms with Crippen molar-refractivity contribution >= 4 is 11.8 Å². The average Bonchev–Trinajstić information content (AvgIpc) is 2.54. The van der Waals surface area contributed by atoms with Gasteiger partial charge in [-0.3, -0.25) is 0 Å². The first-order chi connectivity index (χ1) is 11.5. The van der Waals surface area contributed by atoms with Gasteiger partial charge < -0.3 is 10.0 Å². The minimum atomic E-state index is -1.08. The molecule has 0 radical (unpaired) electrons. The number of aromatic carboxylic acids is 1. The molecule has 0 saturated carbocycles. The maximum absolute atomic E-state index is 14.3. The van der Waals surface area contributed by atoms with Crippen LogP contribution in [0.3, 0.4) is 0 Å². The Balaban J connectivity index is 2.20. The van der Waals surface area contributed by atoms with Crippen LogP contribution in [0.4, 0.5) is 10.2 Å². The largest absolute Gasteiger partial charge is 0.478 e. The van der Waals surface area contributed by atoms with Crippen molar-refractivity contribution in [2.24, 2.45) is 5.92 Å². The van der Waals surface area contributed by atoms with Crippen molar-refractivity contribution in [3.63, 3.8) is 0 Å². The van der Waals surface area contributed by atoms with E-state index in [1.54, 1.807) is 24.3 Å². The van der Waals surface area contributed by atoms with Crippen molar-refractivity contribution in [2.75, 3.05) is 18.0 Å². The van der Waals surface area contributed by atoms with Gasteiger partial charge in [-0.05, 0) is 37.8 Å². The molecule has 2 aromatic rings. The van der Waals surface area contributed by atoms with Gasteiger partial charge in [0.2, 0.25) is 0 Å². The summed E-state index contributed by atoms with van der Waals surface area (Å²) in [5, 5.41) is 9.80. The number of aromatic nitrogens is 1. The van der Waals surface area contributed by atoms with Gasteiger partial charge in [0.1, 0.15) is 17.2 Å². The molecule has 24 heavy (non-hydrogen) atoms. The van der Waals surface area contributed by atoms with Gasteiger partial charge in [-0.2, -0.15) is 0 Å². The highest BCUT2D eigenvalue weighted by atomic mass is 19.1. The first-order valence-electron chi connectivity index (χ1n) is 8.22. The highest BCUT2D eigenvalue weighted by Gasteiger charge is 2.27. The minimum absolute atomic E-state index is 0.0831. The normalized spacial score (nSPS) is 17.8. The van der Waals surface area contributed by atoms with E-state index in [2.05, 4.69) is 11.9 Å². The average molecular weight is 328 g/mol. The van der Waals surface area contributed by atoms with E-state index in [9.17, 15) is 14.3 Å². The van der Waals surface area contributed by atoms with Crippen molar-refractivity contribution in [2.45, 2.75) is 26.7 Å². The number of anilines is 1. The zero-order chi connectivity index (χ0) is 17.3. The second-order valence-corrected chi connectivity index (χ2v) is 6.49. The number of rotatable bonds is 3. The molecule has 0 aliphatic carbocycles. The number of hydrogen-bond donors (Lipinski definition) is 1. The monoisotopic (exact) mass is 328 g/mol. The van der Waals surface area contributed by atoms with Crippen molar-refractivity contribution in [3.8, 4) is 11.1 Å². The van der Waals surface area contributed by atoms with Crippen LogP contribution < -0.4 is 4.90 Å². The number of halogens is 1. The van der Waals surface area contributed by atoms with Crippen molar-refractivity contribution in [3.05, 3.63) is 47.4 Å². The Morgan fingerprint density at radius 2 is 2.08 bits per heavy atom. The second kappa shape index (κ2) is 6.59. The van der Waals surface area contributed by atoms with Gasteiger partial charge in [-0.1, -0.05) is 25.1 Å². The molecule has 1 N–H and O–H groups in total. The van der Waals surface area contributed by atoms with Crippen LogP contribution in [0.25, 0.3) is 11.1 Å². The Morgan fingerprint density at radius 1 is 1.33 bits per heavy atom. The van der Waals surface area contributed by atoms with Gasteiger partial charge in [0.25, 0.3) is 0 Å². The van der Waals surface area contributed by atoms with E-state index in [0.29, 0.717) is 28.6 Å². The molecule has 1 aliphatic heterocycles. The summed E-state index contributed by atoms with van der Waals surface area (Å²) in [4.78, 5) is 18.5. The van der Waals surface area contributed by atoms with E-state index in [-0.39, 0.29) is 5.56 Å². The second-order valence-electron chi connectivity index (χ2n) is 6.49. The Kier molecular flexibility index (Phi) is 4.51. The highest BCUT2D eigenvalue weighted by Crippen LogP contribution is 2.34. The third-order valence-corrected chi connectivity index (χ3v) is 4.46. The number of piperidine rings is 1. The van der Waals surface area contributed by atoms with E-state index < -0.39 is 11.8 Å². The van der Waals surface area contributed by atoms with E-state index in [0.717, 1.165) is 25.9 Å². The summed E-state index contributed by atoms with van der Waals surface area (Å²) in [6, 6.07) is 7.92. The molecule has 4 nitrogen and oxygen atoms in total. The molecule has 2 heterocycles. The van der Waals surface area contributed by atoms with Crippen LogP contribution in [-0.4, -0.2) is 29.1 Å². The third kappa shape index (κ3) is 3.11. The third-order valence-electron chi connectivity index (χ3n) is 4.46. The van der Waals surface area contributed by atoms with Gasteiger partial charge in [0, 0.05) is 29.9 Å². The number of aryl methyl sites for hydroxylation is 1. The lowest BCUT2D eigenvalue weighted by Crippen LogP contribution is -2.36. The topological polar surface area (TPSA) is 53.4 Å². The van der Waals surface area contributed by atoms with Crippen LogP contribution in [0.2, 0.25) is 0 Å². The Bertz CT molecular complexity index is 776. The molecule has 1 aromatic carbocycles. The fourth-order valence-electron chi connectivity index (χ4n) is 3.37. The maximum Gasteiger partial charge on any atom is 0.340 e. The summed E-state index contributed by atoms with van der Waals surface area (Å²) >= 11 is 0. The zero-order valence-corrected chi connectivity index (χ0v) is 13.9. The number of benzene rings is 1. The number of carbonyl (C=O) groups is 1. The molecule has 1 unspecified atom stereocenters. The molecule has 0 amide bonds. The van der Waals surface area contributed by atoms with E-state index in [1.807, 2.05) is 11.8 Å². The molecule has 1 saturated heterocycles. The fraction of sp³-hybridized carbons (Fsp3) is 0.368. The zero-order valence-electron chi connectivity index (χ0n) is 13.9.